The van der Waals surface area contributed by atoms with Crippen LogP contribution in [0.4, 0.5) is 0 Å². The summed E-state index contributed by atoms with van der Waals surface area (Å²) in [5.74, 6) is -1.16. The Bertz CT molecular complexity index is 1820. The third-order valence-electron chi connectivity index (χ3n) is 9.73. The number of carbonyl (C=O) groups is 2. The highest BCUT2D eigenvalue weighted by atomic mass is 35.5. The average molecular weight is 835 g/mol. The molecule has 6 rings (SSSR count). The lowest BCUT2D eigenvalue weighted by atomic mass is 9.90. The number of rotatable bonds is 15. The fraction of sp³-hybridized carbons (Fsp3) is 0.378. The first-order valence-corrected chi connectivity index (χ1v) is 19.9. The number of carboxylic acid groups (broad SMARTS) is 2. The maximum atomic E-state index is 10.4. The highest BCUT2D eigenvalue weighted by Gasteiger charge is 2.44. The van der Waals surface area contributed by atoms with E-state index in [1.165, 1.54) is 6.42 Å². The Morgan fingerprint density at radius 2 is 1.36 bits per heavy atom. The van der Waals surface area contributed by atoms with Crippen molar-refractivity contribution >= 4 is 23.5 Å². The molecule has 1 aliphatic carbocycles. The Labute approximate surface area is 349 Å². The van der Waals surface area contributed by atoms with Gasteiger partial charge in [0.25, 0.3) is 0 Å². The van der Waals surface area contributed by atoms with Crippen LogP contribution in [0.1, 0.15) is 53.2 Å². The summed E-state index contributed by atoms with van der Waals surface area (Å²) in [5, 5.41) is 57.6. The van der Waals surface area contributed by atoms with E-state index in [4.69, 9.17) is 47.5 Å². The molecular formula is C45H55ClN2O11. The third kappa shape index (κ3) is 15.5. The van der Waals surface area contributed by atoms with Crippen molar-refractivity contribution in [3.05, 3.63) is 148 Å². The molecule has 1 fully saturated rings. The summed E-state index contributed by atoms with van der Waals surface area (Å²) >= 11 is 6.43. The molecule has 1 saturated heterocycles. The number of halogens is 1. The first-order chi connectivity index (χ1) is 28.4. The van der Waals surface area contributed by atoms with Crippen LogP contribution in [0.5, 0.6) is 5.75 Å². The van der Waals surface area contributed by atoms with Crippen LogP contribution < -0.4 is 16.2 Å². The van der Waals surface area contributed by atoms with Crippen LogP contribution in [-0.2, 0) is 38.3 Å². The van der Waals surface area contributed by atoms with E-state index in [2.05, 4.69) is 12.2 Å². The highest BCUT2D eigenvalue weighted by molar-refractivity contribution is 6.31. The van der Waals surface area contributed by atoms with E-state index >= 15 is 0 Å². The lowest BCUT2D eigenvalue weighted by Crippen LogP contribution is -2.55. The number of ether oxygens (including phenoxy) is 3. The average Bonchev–Trinajstić information content (AvgIpc) is 3.24. The van der Waals surface area contributed by atoms with Crippen molar-refractivity contribution in [1.82, 2.24) is 0 Å². The summed E-state index contributed by atoms with van der Waals surface area (Å²) in [6.07, 6.45) is 3.13. The van der Waals surface area contributed by atoms with Crippen molar-refractivity contribution in [1.29, 1.82) is 0 Å². The molecule has 4 aromatic carbocycles. The quantitative estimate of drug-likeness (QED) is 0.0620. The number of nitrogens with two attached hydrogens (primary N) is 2. The predicted molar refractivity (Wildman–Crippen MR) is 223 cm³/mol. The van der Waals surface area contributed by atoms with Gasteiger partial charge >= 0.3 is 11.9 Å². The van der Waals surface area contributed by atoms with Crippen molar-refractivity contribution in [2.75, 3.05) is 19.8 Å². The van der Waals surface area contributed by atoms with Crippen LogP contribution in [0.25, 0.3) is 0 Å². The van der Waals surface area contributed by atoms with Gasteiger partial charge in [-0.25, -0.2) is 0 Å². The third-order valence-corrected chi connectivity index (χ3v) is 10.1. The number of hydrogen-bond acceptors (Lipinski definition) is 11. The Balaban J connectivity index is 0.000000260. The minimum Gasteiger partial charge on any atom is -0.491 e. The van der Waals surface area contributed by atoms with E-state index < -0.39 is 61.1 Å². The molecule has 1 unspecified atom stereocenters. The minimum atomic E-state index is -1.43. The van der Waals surface area contributed by atoms with E-state index in [-0.39, 0.29) is 6.10 Å². The van der Waals surface area contributed by atoms with Crippen molar-refractivity contribution in [2.24, 2.45) is 11.5 Å². The predicted octanol–water partition coefficient (Wildman–Crippen LogP) is 4.23. The lowest BCUT2D eigenvalue weighted by Gasteiger charge is -2.40. The van der Waals surface area contributed by atoms with Gasteiger partial charge in [-0.15, -0.1) is 0 Å². The number of aliphatic carboxylic acids is 2. The largest absolute Gasteiger partial charge is 0.491 e. The SMILES string of the molecule is N[C@@H](Cc1ccccc1)C(=O)O.N[C@@H](Cc1ccccc1)C(=O)O.OC[C@H]1O[C@@H](c2ccc(Cl)c(Cc3ccc(OCCOC4C=CCCC4)cc3)c2)[C@H](O)[C@@H](O)[C@@H]1O. The molecule has 4 aromatic rings. The number of aliphatic hydroxyl groups excluding tert-OH is 4. The Hall–Kier alpha value is -4.67. The van der Waals surface area contributed by atoms with Crippen molar-refractivity contribution < 1.29 is 54.4 Å². The molecule has 2 aliphatic rings. The van der Waals surface area contributed by atoms with Crippen LogP contribution in [0, 0.1) is 0 Å². The lowest BCUT2D eigenvalue weighted by molar-refractivity contribution is -0.231. The summed E-state index contributed by atoms with van der Waals surface area (Å²) in [6.45, 7) is 0.549. The number of benzene rings is 4. The topological polar surface area (TPSA) is 235 Å². The Morgan fingerprint density at radius 1 is 0.763 bits per heavy atom. The van der Waals surface area contributed by atoms with Gasteiger partial charge in [-0.3, -0.25) is 9.59 Å². The molecule has 0 radical (unpaired) electrons. The van der Waals surface area contributed by atoms with Gasteiger partial charge in [0.1, 0.15) is 55.0 Å². The molecule has 318 valence electrons. The fourth-order valence-corrected chi connectivity index (χ4v) is 6.58. The maximum Gasteiger partial charge on any atom is 0.320 e. The summed E-state index contributed by atoms with van der Waals surface area (Å²) < 4.78 is 17.3. The molecule has 13 nitrogen and oxygen atoms in total. The van der Waals surface area contributed by atoms with Gasteiger partial charge in [0.15, 0.2) is 0 Å². The summed E-state index contributed by atoms with van der Waals surface area (Å²) in [5.41, 5.74) is 15.1. The monoisotopic (exact) mass is 834 g/mol. The summed E-state index contributed by atoms with van der Waals surface area (Å²) in [4.78, 5) is 20.8. The first-order valence-electron chi connectivity index (χ1n) is 19.5. The second-order valence-corrected chi connectivity index (χ2v) is 14.7. The molecule has 8 atom stereocenters. The van der Waals surface area contributed by atoms with Crippen molar-refractivity contribution in [3.63, 3.8) is 0 Å². The van der Waals surface area contributed by atoms with Gasteiger partial charge in [0.2, 0.25) is 0 Å². The van der Waals surface area contributed by atoms with E-state index in [0.29, 0.717) is 43.1 Å². The standard InChI is InChI=1S/C27H33ClO7.2C9H11NO2/c28-22-11-8-18(27-26(32)25(31)24(30)23(16-29)35-27)15-19(22)14-17-6-9-21(10-7-17)34-13-12-33-20-4-2-1-3-5-20;2*10-8(9(11)12)6-7-4-2-1-3-5-7/h2,4,6-11,15,20,23-27,29-32H,1,3,5,12-14,16H2;2*1-5,8H,6,10H2,(H,11,12)/t20?,23-,24-,25+,26-,27+;2*8-/m100/s1. The van der Waals surface area contributed by atoms with Crippen molar-refractivity contribution in [3.8, 4) is 5.75 Å². The number of aliphatic hydroxyl groups is 4. The second-order valence-electron chi connectivity index (χ2n) is 14.3. The molecule has 0 bridgehead atoms. The van der Waals surface area contributed by atoms with E-state index in [1.54, 1.807) is 12.1 Å². The molecule has 0 aromatic heterocycles. The van der Waals surface area contributed by atoms with Gasteiger partial charge in [-0.2, -0.15) is 0 Å². The molecule has 0 spiro atoms. The normalized spacial score (nSPS) is 22.1. The summed E-state index contributed by atoms with van der Waals surface area (Å²) in [7, 11) is 0. The van der Waals surface area contributed by atoms with Gasteiger partial charge in [0.05, 0.1) is 19.3 Å². The number of allylic oxidation sites excluding steroid dienone is 1. The Morgan fingerprint density at radius 3 is 1.88 bits per heavy atom. The molecule has 14 heteroatoms. The molecule has 1 aliphatic heterocycles. The van der Waals surface area contributed by atoms with Crippen LogP contribution in [0.15, 0.2) is 115 Å². The zero-order valence-corrected chi connectivity index (χ0v) is 33.5. The smallest absolute Gasteiger partial charge is 0.320 e. The van der Waals surface area contributed by atoms with Crippen LogP contribution in [0.2, 0.25) is 5.02 Å². The second kappa shape index (κ2) is 24.4. The molecule has 59 heavy (non-hydrogen) atoms. The van der Waals surface area contributed by atoms with Crippen molar-refractivity contribution in [2.45, 2.75) is 87.2 Å². The fourth-order valence-electron chi connectivity index (χ4n) is 6.40. The highest BCUT2D eigenvalue weighted by Crippen LogP contribution is 2.34. The van der Waals surface area contributed by atoms with Crippen LogP contribution in [-0.4, -0.2) is 105 Å². The molecule has 0 amide bonds. The van der Waals surface area contributed by atoms with E-state index in [9.17, 15) is 30.0 Å². The van der Waals surface area contributed by atoms with Gasteiger partial charge in [-0.1, -0.05) is 109 Å². The van der Waals surface area contributed by atoms with E-state index in [0.717, 1.165) is 40.8 Å². The van der Waals surface area contributed by atoms with Crippen LogP contribution >= 0.6 is 11.6 Å². The van der Waals surface area contributed by atoms with Gasteiger partial charge in [-0.05, 0) is 84.5 Å². The Kier molecular flexibility index (Phi) is 19.5. The molecule has 1 heterocycles. The van der Waals surface area contributed by atoms with Gasteiger partial charge < -0.3 is 56.3 Å². The van der Waals surface area contributed by atoms with E-state index in [1.807, 2.05) is 91.0 Å². The van der Waals surface area contributed by atoms with Crippen LogP contribution in [0.3, 0.4) is 0 Å². The maximum absolute atomic E-state index is 10.4. The number of hydrogen-bond donors (Lipinski definition) is 8. The number of carboxylic acids is 2. The molecule has 10 N–H and O–H groups in total. The molecule has 0 saturated carbocycles. The minimum absolute atomic E-state index is 0.193. The molecular weight excluding hydrogens is 780 g/mol. The first kappa shape index (κ1) is 47.0. The summed E-state index contributed by atoms with van der Waals surface area (Å²) in [6, 6.07) is 30.1. The van der Waals surface area contributed by atoms with Gasteiger partial charge in [0, 0.05) is 5.02 Å². The zero-order chi connectivity index (χ0) is 42.7. The zero-order valence-electron chi connectivity index (χ0n) is 32.7.